The summed E-state index contributed by atoms with van der Waals surface area (Å²) in [6.07, 6.45) is 0.444. The number of nitrogens with two attached hydrogens (primary N) is 1. The van der Waals surface area contributed by atoms with Gasteiger partial charge >= 0.3 is 11.9 Å². The molecule has 0 aliphatic carbocycles. The molecule has 0 rings (SSSR count). The van der Waals surface area contributed by atoms with Gasteiger partial charge in [0.2, 0.25) is 0 Å². The number of aliphatic carboxylic acids is 2. The molecule has 0 aromatic heterocycles. The molecule has 0 spiro atoms. The molecule has 14 heavy (non-hydrogen) atoms. The Balaban J connectivity index is -0.000000131. The van der Waals surface area contributed by atoms with Crippen LogP contribution in [-0.2, 0) is 9.59 Å². The second-order valence-corrected chi connectivity index (χ2v) is 3.05. The highest BCUT2D eigenvalue weighted by Gasteiger charge is 1.81. The van der Waals surface area contributed by atoms with E-state index in [2.05, 4.69) is 22.6 Å². The van der Waals surface area contributed by atoms with Crippen LogP contribution in [0.1, 0.15) is 26.7 Å². The molecular formula is C8H18INO4. The molecule has 0 aliphatic rings. The third-order valence-corrected chi connectivity index (χ3v) is 1.34. The molecular weight excluding hydrogens is 301 g/mol. The largest absolute Gasteiger partial charge is 0.481 e. The summed E-state index contributed by atoms with van der Waals surface area (Å²) in [7, 11) is 0. The van der Waals surface area contributed by atoms with Crippen molar-refractivity contribution in [1.82, 2.24) is 0 Å². The molecule has 0 atom stereocenters. The van der Waals surface area contributed by atoms with Crippen LogP contribution in [0.5, 0.6) is 0 Å². The lowest BCUT2D eigenvalue weighted by Crippen LogP contribution is -1.97. The van der Waals surface area contributed by atoms with Gasteiger partial charge in [0.25, 0.3) is 0 Å². The van der Waals surface area contributed by atoms with Crippen LogP contribution in [0, 0.1) is 0 Å². The van der Waals surface area contributed by atoms with Crippen molar-refractivity contribution < 1.29 is 19.8 Å². The van der Waals surface area contributed by atoms with Gasteiger partial charge in [-0.05, 0) is 0 Å². The molecule has 0 saturated carbocycles. The van der Waals surface area contributed by atoms with Crippen molar-refractivity contribution in [3.63, 3.8) is 0 Å². The Morgan fingerprint density at radius 1 is 1.14 bits per heavy atom. The van der Waals surface area contributed by atoms with Gasteiger partial charge in [-0.3, -0.25) is 9.59 Å². The first-order valence-corrected chi connectivity index (χ1v) is 5.68. The Labute approximate surface area is 97.8 Å². The summed E-state index contributed by atoms with van der Waals surface area (Å²) in [6.45, 7) is 4.01. The normalized spacial score (nSPS) is 7.43. The van der Waals surface area contributed by atoms with Gasteiger partial charge in [0.05, 0.1) is 0 Å². The van der Waals surface area contributed by atoms with Crippen LogP contribution in [0.3, 0.4) is 0 Å². The van der Waals surface area contributed by atoms with Crippen molar-refractivity contribution in [2.45, 2.75) is 26.7 Å². The molecule has 0 aromatic carbocycles. The molecule has 6 heteroatoms. The average molecular weight is 319 g/mol. The van der Waals surface area contributed by atoms with E-state index in [1.54, 1.807) is 13.8 Å². The SMILES string of the molecule is CCC(=O)O.CCC(=O)O.NCCI. The molecule has 0 aromatic rings. The zero-order valence-corrected chi connectivity index (χ0v) is 10.7. The van der Waals surface area contributed by atoms with E-state index in [-0.39, 0.29) is 12.8 Å². The van der Waals surface area contributed by atoms with Crippen LogP contribution < -0.4 is 5.73 Å². The molecule has 0 bridgehead atoms. The van der Waals surface area contributed by atoms with Crippen molar-refractivity contribution >= 4 is 34.5 Å². The molecule has 0 unspecified atom stereocenters. The van der Waals surface area contributed by atoms with Crippen molar-refractivity contribution in [2.24, 2.45) is 5.73 Å². The van der Waals surface area contributed by atoms with E-state index in [0.29, 0.717) is 0 Å². The highest BCUT2D eigenvalue weighted by molar-refractivity contribution is 14.1. The quantitative estimate of drug-likeness (QED) is 0.538. The fraction of sp³-hybridized carbons (Fsp3) is 0.750. The predicted molar refractivity (Wildman–Crippen MR) is 63.8 cm³/mol. The number of alkyl halides is 1. The van der Waals surface area contributed by atoms with Gasteiger partial charge in [0.15, 0.2) is 0 Å². The van der Waals surface area contributed by atoms with E-state index in [0.717, 1.165) is 11.0 Å². The number of carboxylic acids is 2. The Kier molecular flexibility index (Phi) is 25.3. The van der Waals surface area contributed by atoms with Crippen LogP contribution in [0.15, 0.2) is 0 Å². The number of carboxylic acid groups (broad SMARTS) is 2. The molecule has 0 aliphatic heterocycles. The second-order valence-electron chi connectivity index (χ2n) is 1.97. The van der Waals surface area contributed by atoms with E-state index in [1.807, 2.05) is 0 Å². The third-order valence-electron chi connectivity index (χ3n) is 0.714. The summed E-state index contributed by atoms with van der Waals surface area (Å²) in [5, 5.41) is 15.4. The zero-order valence-electron chi connectivity index (χ0n) is 8.49. The van der Waals surface area contributed by atoms with Crippen molar-refractivity contribution in [3.8, 4) is 0 Å². The van der Waals surface area contributed by atoms with Gasteiger partial charge < -0.3 is 15.9 Å². The minimum atomic E-state index is -0.745. The highest BCUT2D eigenvalue weighted by atomic mass is 127. The van der Waals surface area contributed by atoms with Crippen molar-refractivity contribution in [2.75, 3.05) is 11.0 Å². The molecule has 5 nitrogen and oxygen atoms in total. The van der Waals surface area contributed by atoms with Crippen LogP contribution in [0.25, 0.3) is 0 Å². The van der Waals surface area contributed by atoms with Crippen LogP contribution in [-0.4, -0.2) is 33.1 Å². The number of hydrogen-bond acceptors (Lipinski definition) is 3. The number of rotatable bonds is 3. The number of carbonyl (C=O) groups is 2. The highest BCUT2D eigenvalue weighted by Crippen LogP contribution is 1.69. The minimum Gasteiger partial charge on any atom is -0.481 e. The monoisotopic (exact) mass is 319 g/mol. The molecule has 86 valence electrons. The van der Waals surface area contributed by atoms with Gasteiger partial charge in [-0.1, -0.05) is 36.4 Å². The van der Waals surface area contributed by atoms with Gasteiger partial charge in [0, 0.05) is 23.8 Å². The Morgan fingerprint density at radius 2 is 1.29 bits per heavy atom. The Bertz CT molecular complexity index is 125. The van der Waals surface area contributed by atoms with Gasteiger partial charge in [-0.2, -0.15) is 0 Å². The maximum absolute atomic E-state index is 9.37. The topological polar surface area (TPSA) is 101 Å². The molecule has 4 N–H and O–H groups in total. The lowest BCUT2D eigenvalue weighted by atomic mass is 10.5. The van der Waals surface area contributed by atoms with E-state index in [4.69, 9.17) is 15.9 Å². The van der Waals surface area contributed by atoms with Gasteiger partial charge in [0.1, 0.15) is 0 Å². The fourth-order valence-electron chi connectivity index (χ4n) is 0. The standard InChI is InChI=1S/2C3H6O2.C2H6IN/c2*1-2-3(4)5;3-1-2-4/h2*2H2,1H3,(H,4,5);1-2,4H2. The Hall–Kier alpha value is -0.370. The van der Waals surface area contributed by atoms with E-state index < -0.39 is 11.9 Å². The summed E-state index contributed by atoms with van der Waals surface area (Å²) < 4.78 is 1.07. The summed E-state index contributed by atoms with van der Waals surface area (Å²) in [5.41, 5.74) is 5.02. The minimum absolute atomic E-state index is 0.222. The predicted octanol–water partition coefficient (Wildman–Crippen LogP) is 1.34. The number of halogens is 1. The average Bonchev–Trinajstić information content (AvgIpc) is 2.19. The van der Waals surface area contributed by atoms with E-state index in [9.17, 15) is 9.59 Å². The molecule has 0 saturated heterocycles. The molecule has 0 fully saturated rings. The fourth-order valence-corrected chi connectivity index (χ4v) is 0. The zero-order chi connectivity index (χ0) is 12.0. The van der Waals surface area contributed by atoms with E-state index in [1.165, 1.54) is 0 Å². The first kappa shape index (κ1) is 19.2. The smallest absolute Gasteiger partial charge is 0.303 e. The van der Waals surface area contributed by atoms with Crippen molar-refractivity contribution in [1.29, 1.82) is 0 Å². The van der Waals surface area contributed by atoms with E-state index >= 15 is 0 Å². The number of hydrogen-bond donors (Lipinski definition) is 3. The third kappa shape index (κ3) is 61.3. The lowest BCUT2D eigenvalue weighted by molar-refractivity contribution is -0.137. The van der Waals surface area contributed by atoms with Gasteiger partial charge in [-0.15, -0.1) is 0 Å². The maximum atomic E-state index is 9.37. The maximum Gasteiger partial charge on any atom is 0.303 e. The van der Waals surface area contributed by atoms with Crippen LogP contribution in [0.2, 0.25) is 0 Å². The molecule has 0 amide bonds. The van der Waals surface area contributed by atoms with Crippen molar-refractivity contribution in [3.05, 3.63) is 0 Å². The summed E-state index contributed by atoms with van der Waals surface area (Å²) in [4.78, 5) is 18.7. The summed E-state index contributed by atoms with van der Waals surface area (Å²) in [5.74, 6) is -1.49. The first-order chi connectivity index (χ1) is 6.45. The van der Waals surface area contributed by atoms with Crippen LogP contribution >= 0.6 is 22.6 Å². The molecule has 0 radical (unpaired) electrons. The second kappa shape index (κ2) is 18.4. The molecule has 0 heterocycles. The summed E-state index contributed by atoms with van der Waals surface area (Å²) >= 11 is 2.23. The first-order valence-electron chi connectivity index (χ1n) is 4.15. The van der Waals surface area contributed by atoms with Crippen LogP contribution in [0.4, 0.5) is 0 Å². The lowest BCUT2D eigenvalue weighted by Gasteiger charge is -1.71. The van der Waals surface area contributed by atoms with Gasteiger partial charge in [-0.25, -0.2) is 0 Å². The summed E-state index contributed by atoms with van der Waals surface area (Å²) in [6, 6.07) is 0. The Morgan fingerprint density at radius 3 is 1.29 bits per heavy atom.